The van der Waals surface area contributed by atoms with Gasteiger partial charge in [-0.25, -0.2) is 0 Å². The molecule has 0 unspecified atom stereocenters. The lowest BCUT2D eigenvalue weighted by Crippen LogP contribution is -2.34. The molecule has 1 amide bonds. The van der Waals surface area contributed by atoms with Crippen LogP contribution in [0.25, 0.3) is 22.0 Å². The molecule has 26 heavy (non-hydrogen) atoms. The highest BCUT2D eigenvalue weighted by Gasteiger charge is 2.37. The van der Waals surface area contributed by atoms with Crippen LogP contribution in [0, 0.1) is 6.92 Å². The van der Waals surface area contributed by atoms with E-state index in [4.69, 9.17) is 5.73 Å². The van der Waals surface area contributed by atoms with E-state index in [1.54, 1.807) is 18.6 Å². The van der Waals surface area contributed by atoms with E-state index >= 15 is 0 Å². The quantitative estimate of drug-likeness (QED) is 0.754. The number of pyridine rings is 3. The molecule has 0 saturated heterocycles. The highest BCUT2D eigenvalue weighted by Crippen LogP contribution is 2.40. The molecule has 6 heteroatoms. The Morgan fingerprint density at radius 2 is 1.85 bits per heavy atom. The molecule has 1 saturated carbocycles. The molecular weight excluding hydrogens is 328 g/mol. The van der Waals surface area contributed by atoms with Crippen molar-refractivity contribution in [3.05, 3.63) is 53.7 Å². The summed E-state index contributed by atoms with van der Waals surface area (Å²) in [5.74, 6) is -0.406. The minimum absolute atomic E-state index is 0.116. The Bertz CT molecular complexity index is 1010. The lowest BCUT2D eigenvalue weighted by Gasteiger charge is -2.36. The zero-order chi connectivity index (χ0) is 18.3. The zero-order valence-electron chi connectivity index (χ0n) is 14.6. The first-order valence-corrected chi connectivity index (χ1v) is 8.67. The molecular formula is C20H20N4O2. The topological polar surface area (TPSA) is 102 Å². The number of carbonyl (C=O) groups excluding carboxylic acids is 1. The molecule has 3 N–H and O–H groups in total. The van der Waals surface area contributed by atoms with E-state index in [-0.39, 0.29) is 6.42 Å². The van der Waals surface area contributed by atoms with Gasteiger partial charge in [-0.1, -0.05) is 0 Å². The number of nitrogens with two attached hydrogens (primary N) is 1. The second-order valence-corrected chi connectivity index (χ2v) is 7.01. The Morgan fingerprint density at radius 1 is 1.12 bits per heavy atom. The summed E-state index contributed by atoms with van der Waals surface area (Å²) in [6.45, 7) is 2.00. The van der Waals surface area contributed by atoms with Gasteiger partial charge in [0.15, 0.2) is 0 Å². The van der Waals surface area contributed by atoms with Gasteiger partial charge in [0.1, 0.15) is 5.60 Å². The molecule has 0 radical (unpaired) electrons. The lowest BCUT2D eigenvalue weighted by atomic mass is 9.77. The van der Waals surface area contributed by atoms with E-state index < -0.39 is 11.5 Å². The summed E-state index contributed by atoms with van der Waals surface area (Å²) < 4.78 is 0. The zero-order valence-corrected chi connectivity index (χ0v) is 14.6. The van der Waals surface area contributed by atoms with Gasteiger partial charge in [0.25, 0.3) is 0 Å². The number of amides is 1. The Labute approximate surface area is 151 Å². The maximum absolute atomic E-state index is 11.0. The number of fused-ring (bicyclic) bond motifs is 1. The number of aryl methyl sites for hydroxylation is 1. The van der Waals surface area contributed by atoms with Crippen molar-refractivity contribution in [3.8, 4) is 11.3 Å². The van der Waals surface area contributed by atoms with Crippen LogP contribution in [0.3, 0.4) is 0 Å². The van der Waals surface area contributed by atoms with Crippen molar-refractivity contribution >= 4 is 16.7 Å². The average molecular weight is 348 g/mol. The molecule has 1 aliphatic rings. The number of aliphatic hydroxyl groups is 1. The SMILES string of the molecule is Cc1cc(C2(O)CCC2)ncc1-c1cc2cnc(CC(N)=O)cc2cn1. The van der Waals surface area contributed by atoms with Crippen LogP contribution in [-0.4, -0.2) is 26.0 Å². The molecule has 3 heterocycles. The minimum Gasteiger partial charge on any atom is -0.384 e. The van der Waals surface area contributed by atoms with E-state index in [1.165, 1.54) is 0 Å². The number of rotatable bonds is 4. The van der Waals surface area contributed by atoms with Crippen LogP contribution in [0.5, 0.6) is 0 Å². The highest BCUT2D eigenvalue weighted by molar-refractivity contribution is 5.86. The first-order valence-electron chi connectivity index (χ1n) is 8.67. The Hall–Kier alpha value is -2.86. The molecule has 0 atom stereocenters. The number of nitrogens with zero attached hydrogens (tertiary/aromatic N) is 3. The van der Waals surface area contributed by atoms with Crippen molar-refractivity contribution in [1.29, 1.82) is 0 Å². The summed E-state index contributed by atoms with van der Waals surface area (Å²) in [5.41, 5.74) is 8.60. The summed E-state index contributed by atoms with van der Waals surface area (Å²) in [6.07, 6.45) is 7.97. The fourth-order valence-corrected chi connectivity index (χ4v) is 3.35. The maximum atomic E-state index is 11.0. The predicted octanol–water partition coefficient (Wildman–Crippen LogP) is 2.40. The first-order chi connectivity index (χ1) is 12.4. The van der Waals surface area contributed by atoms with Crippen molar-refractivity contribution in [1.82, 2.24) is 15.0 Å². The summed E-state index contributed by atoms with van der Waals surface area (Å²) >= 11 is 0. The van der Waals surface area contributed by atoms with Crippen LogP contribution in [0.4, 0.5) is 0 Å². The fraction of sp³-hybridized carbons (Fsp3) is 0.300. The third-order valence-electron chi connectivity index (χ3n) is 5.06. The fourth-order valence-electron chi connectivity index (χ4n) is 3.35. The summed E-state index contributed by atoms with van der Waals surface area (Å²) in [4.78, 5) is 24.4. The van der Waals surface area contributed by atoms with E-state index in [9.17, 15) is 9.90 Å². The van der Waals surface area contributed by atoms with Crippen molar-refractivity contribution < 1.29 is 9.90 Å². The van der Waals surface area contributed by atoms with E-state index in [2.05, 4.69) is 15.0 Å². The molecule has 4 rings (SSSR count). The van der Waals surface area contributed by atoms with Crippen LogP contribution in [0.15, 0.2) is 36.8 Å². The number of hydrogen-bond acceptors (Lipinski definition) is 5. The van der Waals surface area contributed by atoms with Crippen LogP contribution in [0.1, 0.15) is 36.2 Å². The third kappa shape index (κ3) is 2.93. The van der Waals surface area contributed by atoms with Crippen LogP contribution < -0.4 is 5.73 Å². The molecule has 1 fully saturated rings. The Morgan fingerprint density at radius 3 is 2.50 bits per heavy atom. The van der Waals surface area contributed by atoms with Crippen LogP contribution >= 0.6 is 0 Å². The Balaban J connectivity index is 1.69. The number of aromatic nitrogens is 3. The monoisotopic (exact) mass is 348 g/mol. The number of hydrogen-bond donors (Lipinski definition) is 2. The van der Waals surface area contributed by atoms with Gasteiger partial charge < -0.3 is 10.8 Å². The molecule has 3 aromatic heterocycles. The lowest BCUT2D eigenvalue weighted by molar-refractivity contribution is -0.117. The van der Waals surface area contributed by atoms with Gasteiger partial charge in [-0.15, -0.1) is 0 Å². The van der Waals surface area contributed by atoms with Crippen LogP contribution in [-0.2, 0) is 16.8 Å². The molecule has 1 aliphatic carbocycles. The predicted molar refractivity (Wildman–Crippen MR) is 98.2 cm³/mol. The summed E-state index contributed by atoms with van der Waals surface area (Å²) in [6, 6.07) is 5.74. The summed E-state index contributed by atoms with van der Waals surface area (Å²) in [5, 5.41) is 12.3. The second kappa shape index (κ2) is 6.14. The van der Waals surface area contributed by atoms with Crippen molar-refractivity contribution in [2.75, 3.05) is 0 Å². The van der Waals surface area contributed by atoms with Gasteiger partial charge in [0.05, 0.1) is 23.5 Å². The molecule has 0 aliphatic heterocycles. The molecule has 3 aromatic rings. The molecule has 6 nitrogen and oxygen atoms in total. The maximum Gasteiger partial charge on any atom is 0.223 e. The van der Waals surface area contributed by atoms with Crippen LogP contribution in [0.2, 0.25) is 0 Å². The van der Waals surface area contributed by atoms with E-state index in [0.717, 1.165) is 52.5 Å². The number of carbonyl (C=O) groups is 1. The van der Waals surface area contributed by atoms with Crippen molar-refractivity contribution in [3.63, 3.8) is 0 Å². The van der Waals surface area contributed by atoms with Crippen molar-refractivity contribution in [2.24, 2.45) is 5.73 Å². The summed E-state index contributed by atoms with van der Waals surface area (Å²) in [7, 11) is 0. The second-order valence-electron chi connectivity index (χ2n) is 7.01. The molecule has 132 valence electrons. The molecule has 0 aromatic carbocycles. The Kier molecular flexibility index (Phi) is 3.92. The molecule has 0 bridgehead atoms. The van der Waals surface area contributed by atoms with Gasteiger partial charge >= 0.3 is 0 Å². The first kappa shape index (κ1) is 16.6. The highest BCUT2D eigenvalue weighted by atomic mass is 16.3. The smallest absolute Gasteiger partial charge is 0.223 e. The molecule has 0 spiro atoms. The van der Waals surface area contributed by atoms with Gasteiger partial charge in [0, 0.05) is 34.9 Å². The third-order valence-corrected chi connectivity index (χ3v) is 5.06. The largest absolute Gasteiger partial charge is 0.384 e. The van der Waals surface area contributed by atoms with Gasteiger partial charge in [-0.2, -0.15) is 0 Å². The standard InChI is InChI=1S/C20H20N4O2/c1-12-5-18(20(26)3-2-4-20)24-11-16(12)17-7-14-9-22-15(8-19(21)25)6-13(14)10-23-17/h5-7,9-11,26H,2-4,8H2,1H3,(H2,21,25). The number of primary amides is 1. The minimum atomic E-state index is -0.763. The van der Waals surface area contributed by atoms with E-state index in [0.29, 0.717) is 5.69 Å². The van der Waals surface area contributed by atoms with Gasteiger partial charge in [-0.05, 0) is 49.9 Å². The normalized spacial score (nSPS) is 15.6. The van der Waals surface area contributed by atoms with Gasteiger partial charge in [-0.3, -0.25) is 19.7 Å². The van der Waals surface area contributed by atoms with E-state index in [1.807, 2.05) is 25.1 Å². The van der Waals surface area contributed by atoms with Crippen molar-refractivity contribution in [2.45, 2.75) is 38.2 Å². The van der Waals surface area contributed by atoms with Gasteiger partial charge in [0.2, 0.25) is 5.91 Å². The average Bonchev–Trinajstić information content (AvgIpc) is 2.58.